The third-order valence-corrected chi connectivity index (χ3v) is 5.67. The van der Waals surface area contributed by atoms with E-state index in [2.05, 4.69) is 15.4 Å². The topological polar surface area (TPSA) is 120 Å². The van der Waals surface area contributed by atoms with Crippen LogP contribution in [0.4, 0.5) is 9.18 Å². The molecule has 0 unspecified atom stereocenters. The second kappa shape index (κ2) is 9.76. The number of halogens is 2. The summed E-state index contributed by atoms with van der Waals surface area (Å²) in [6.45, 7) is 7.28. The highest BCUT2D eigenvalue weighted by Crippen LogP contribution is 2.22. The zero-order valence-electron chi connectivity index (χ0n) is 20.2. The number of amides is 2. The fraction of sp³-hybridized carbons (Fsp3) is 0.435. The number of carbonyl (C=O) groups excluding carboxylic acids is 2. The van der Waals surface area contributed by atoms with Gasteiger partial charge in [0.2, 0.25) is 11.6 Å². The first kappa shape index (κ1) is 25.4. The minimum absolute atomic E-state index is 0.0142. The van der Waals surface area contributed by atoms with Crippen LogP contribution >= 0.6 is 11.6 Å². The summed E-state index contributed by atoms with van der Waals surface area (Å²) in [7, 11) is 0. The van der Waals surface area contributed by atoms with Crippen LogP contribution in [0.5, 0.6) is 5.88 Å². The van der Waals surface area contributed by atoms with Crippen LogP contribution in [0.3, 0.4) is 0 Å². The fourth-order valence-corrected chi connectivity index (χ4v) is 3.66. The van der Waals surface area contributed by atoms with Gasteiger partial charge in [0.1, 0.15) is 24.1 Å². The van der Waals surface area contributed by atoms with Crippen LogP contribution in [0, 0.1) is 5.82 Å². The Balaban J connectivity index is 1.41. The van der Waals surface area contributed by atoms with E-state index in [1.165, 1.54) is 33.8 Å². The number of nitrogens with zero attached hydrogens (tertiary/aromatic N) is 5. The van der Waals surface area contributed by atoms with Gasteiger partial charge in [-0.05, 0) is 45.4 Å². The van der Waals surface area contributed by atoms with Gasteiger partial charge < -0.3 is 19.7 Å². The first-order valence-corrected chi connectivity index (χ1v) is 11.6. The molecule has 0 radical (unpaired) electrons. The van der Waals surface area contributed by atoms with Crippen molar-refractivity contribution in [1.82, 2.24) is 29.4 Å². The Labute approximate surface area is 210 Å². The molecule has 1 atom stereocenters. The molecule has 0 bridgehead atoms. The predicted molar refractivity (Wildman–Crippen MR) is 127 cm³/mol. The molecule has 1 aliphatic rings. The smallest absolute Gasteiger partial charge is 0.410 e. The Morgan fingerprint density at radius 3 is 2.69 bits per heavy atom. The van der Waals surface area contributed by atoms with Gasteiger partial charge in [0.25, 0.3) is 5.88 Å². The van der Waals surface area contributed by atoms with Gasteiger partial charge in [-0.1, -0.05) is 17.7 Å². The van der Waals surface area contributed by atoms with Gasteiger partial charge >= 0.3 is 11.8 Å². The van der Waals surface area contributed by atoms with Crippen LogP contribution < -0.4 is 15.7 Å². The number of aromatic nitrogens is 4. The van der Waals surface area contributed by atoms with Crippen LogP contribution in [-0.2, 0) is 16.1 Å². The van der Waals surface area contributed by atoms with E-state index >= 15 is 0 Å². The number of carbonyl (C=O) groups is 2. The van der Waals surface area contributed by atoms with E-state index in [-0.39, 0.29) is 29.2 Å². The monoisotopic (exact) mass is 520 g/mol. The Kier molecular flexibility index (Phi) is 6.90. The number of rotatable bonds is 6. The number of likely N-dealkylation sites (tertiary alicyclic amines) is 1. The highest BCUT2D eigenvalue weighted by atomic mass is 35.5. The molecular weight excluding hydrogens is 495 g/mol. The van der Waals surface area contributed by atoms with Crippen LogP contribution in [0.2, 0.25) is 5.02 Å². The summed E-state index contributed by atoms with van der Waals surface area (Å²) < 4.78 is 27.1. The van der Waals surface area contributed by atoms with Gasteiger partial charge in [0.05, 0.1) is 24.2 Å². The molecule has 0 spiro atoms. The number of benzene rings is 1. The Hall–Kier alpha value is -3.67. The third-order valence-electron chi connectivity index (χ3n) is 5.36. The molecule has 11 nitrogen and oxygen atoms in total. The maximum absolute atomic E-state index is 13.7. The van der Waals surface area contributed by atoms with Crippen molar-refractivity contribution in [3.05, 3.63) is 57.5 Å². The van der Waals surface area contributed by atoms with Gasteiger partial charge in [-0.3, -0.25) is 4.79 Å². The highest BCUT2D eigenvalue weighted by molar-refractivity contribution is 6.30. The zero-order chi connectivity index (χ0) is 26.2. The molecule has 0 aliphatic carbocycles. The molecule has 2 aromatic heterocycles. The van der Waals surface area contributed by atoms with E-state index in [9.17, 15) is 18.8 Å². The van der Waals surface area contributed by atoms with Crippen molar-refractivity contribution in [2.75, 3.05) is 13.1 Å². The van der Waals surface area contributed by atoms with Crippen molar-refractivity contribution in [3.63, 3.8) is 0 Å². The van der Waals surface area contributed by atoms with Crippen molar-refractivity contribution < 1.29 is 23.5 Å². The van der Waals surface area contributed by atoms with Crippen molar-refractivity contribution in [2.45, 2.75) is 52.0 Å². The second-order valence-electron chi connectivity index (χ2n) is 9.45. The zero-order valence-corrected chi connectivity index (χ0v) is 21.0. The molecule has 1 N–H and O–H groups in total. The minimum atomic E-state index is -0.598. The van der Waals surface area contributed by atoms with E-state index in [1.807, 2.05) is 0 Å². The van der Waals surface area contributed by atoms with E-state index < -0.39 is 35.2 Å². The van der Waals surface area contributed by atoms with Crippen LogP contribution in [0.1, 0.15) is 39.3 Å². The summed E-state index contributed by atoms with van der Waals surface area (Å²) in [6.07, 6.45) is 2.02. The number of hydrogen-bond acceptors (Lipinski definition) is 7. The summed E-state index contributed by atoms with van der Waals surface area (Å²) in [5, 5.41) is 6.90. The average Bonchev–Trinajstić information content (AvgIpc) is 3.07. The second-order valence-corrected chi connectivity index (χ2v) is 9.86. The van der Waals surface area contributed by atoms with Crippen molar-refractivity contribution >= 4 is 29.2 Å². The number of ether oxygens (including phenoxy) is 2. The standard InChI is InChI=1S/C23H26ClFN6O5/c1-13(14-5-6-16(24)17(25)9-14)27-18(32)12-31-21(33)30-8-7-26-20(19(30)28-31)35-15-10-29(11-15)22(34)36-23(2,3)4/h5-9,13,15H,10-12H2,1-4H3,(H,27,32)/t13-/m0/s1. The summed E-state index contributed by atoms with van der Waals surface area (Å²) in [6, 6.07) is 3.73. The molecule has 3 heterocycles. The van der Waals surface area contributed by atoms with Crippen molar-refractivity contribution in [3.8, 4) is 5.88 Å². The lowest BCUT2D eigenvalue weighted by Gasteiger charge is -2.39. The van der Waals surface area contributed by atoms with Crippen LogP contribution in [0.25, 0.3) is 5.65 Å². The SMILES string of the molecule is C[C@H](NC(=O)Cn1nc2c(OC3CN(C(=O)OC(C)(C)C)C3)nccn2c1=O)c1ccc(Cl)c(F)c1. The molecule has 36 heavy (non-hydrogen) atoms. The number of fused-ring (bicyclic) bond motifs is 1. The first-order chi connectivity index (χ1) is 16.9. The van der Waals surface area contributed by atoms with Crippen molar-refractivity contribution in [2.24, 2.45) is 0 Å². The van der Waals surface area contributed by atoms with E-state index in [4.69, 9.17) is 21.1 Å². The summed E-state index contributed by atoms with van der Waals surface area (Å²) in [4.78, 5) is 43.1. The van der Waals surface area contributed by atoms with Gasteiger partial charge in [0, 0.05) is 12.4 Å². The number of hydrogen-bond donors (Lipinski definition) is 1. The highest BCUT2D eigenvalue weighted by Gasteiger charge is 2.36. The molecule has 1 aliphatic heterocycles. The summed E-state index contributed by atoms with van der Waals surface area (Å²) in [5.74, 6) is -0.981. The summed E-state index contributed by atoms with van der Waals surface area (Å²) >= 11 is 5.71. The van der Waals surface area contributed by atoms with E-state index in [1.54, 1.807) is 33.8 Å². The van der Waals surface area contributed by atoms with Crippen molar-refractivity contribution in [1.29, 1.82) is 0 Å². The molecule has 2 amide bonds. The average molecular weight is 521 g/mol. The minimum Gasteiger partial charge on any atom is -0.468 e. The Morgan fingerprint density at radius 2 is 2.03 bits per heavy atom. The lowest BCUT2D eigenvalue weighted by molar-refractivity contribution is -0.122. The van der Waals surface area contributed by atoms with E-state index in [0.717, 1.165) is 4.68 Å². The lowest BCUT2D eigenvalue weighted by atomic mass is 10.1. The predicted octanol–water partition coefficient (Wildman–Crippen LogP) is 2.56. The van der Waals surface area contributed by atoms with Gasteiger partial charge in [-0.2, -0.15) is 0 Å². The Bertz CT molecular complexity index is 1360. The molecule has 4 rings (SSSR count). The molecule has 1 aromatic carbocycles. The lowest BCUT2D eigenvalue weighted by Crippen LogP contribution is -2.57. The van der Waals surface area contributed by atoms with Crippen LogP contribution in [-0.4, -0.2) is 60.9 Å². The quantitative estimate of drug-likeness (QED) is 0.530. The normalized spacial score (nSPS) is 14.9. The molecule has 0 saturated carbocycles. The first-order valence-electron chi connectivity index (χ1n) is 11.2. The molecule has 1 fully saturated rings. The molecule has 13 heteroatoms. The third kappa shape index (κ3) is 5.59. The molecular formula is C23H26ClFN6O5. The number of nitrogens with one attached hydrogen (secondary N) is 1. The fourth-order valence-electron chi connectivity index (χ4n) is 3.55. The Morgan fingerprint density at radius 1 is 1.31 bits per heavy atom. The molecule has 192 valence electrons. The maximum atomic E-state index is 13.7. The van der Waals surface area contributed by atoms with Gasteiger partial charge in [-0.15, -0.1) is 5.10 Å². The van der Waals surface area contributed by atoms with Crippen LogP contribution in [0.15, 0.2) is 35.4 Å². The maximum Gasteiger partial charge on any atom is 0.410 e. The largest absolute Gasteiger partial charge is 0.468 e. The van der Waals surface area contributed by atoms with E-state index in [0.29, 0.717) is 18.7 Å². The van der Waals surface area contributed by atoms with Gasteiger partial charge in [0.15, 0.2) is 0 Å². The molecule has 1 saturated heterocycles. The summed E-state index contributed by atoms with van der Waals surface area (Å²) in [5.41, 5.74) is -0.493. The van der Waals surface area contributed by atoms with Gasteiger partial charge in [-0.25, -0.2) is 28.0 Å². The molecule has 3 aromatic rings.